The fourth-order valence-corrected chi connectivity index (χ4v) is 2.82. The molecule has 1 aromatic rings. The number of nitrogens with zero attached hydrogens (tertiary/aromatic N) is 1. The summed E-state index contributed by atoms with van der Waals surface area (Å²) in [7, 11) is 0. The summed E-state index contributed by atoms with van der Waals surface area (Å²) in [5, 5.41) is 0. The van der Waals surface area contributed by atoms with Gasteiger partial charge in [-0.3, -0.25) is 9.69 Å². The molecule has 0 aromatic heterocycles. The van der Waals surface area contributed by atoms with Crippen molar-refractivity contribution < 1.29 is 14.3 Å². The number of thioether (sulfide) groups is 1. The third-order valence-electron chi connectivity index (χ3n) is 2.65. The topological polar surface area (TPSA) is 72.6 Å². The first kappa shape index (κ1) is 12.8. The molecule has 0 aliphatic carbocycles. The summed E-state index contributed by atoms with van der Waals surface area (Å²) in [6.45, 7) is 0.201. The lowest BCUT2D eigenvalue weighted by atomic mass is 10.2. The van der Waals surface area contributed by atoms with E-state index >= 15 is 0 Å². The molecule has 0 radical (unpaired) electrons. The number of nitrogens with two attached hydrogens (primary N) is 1. The van der Waals surface area contributed by atoms with Gasteiger partial charge in [-0.05, 0) is 5.56 Å². The second-order valence-corrected chi connectivity index (χ2v) is 4.93. The normalized spacial score (nSPS) is 18.7. The number of rotatable bonds is 3. The SMILES string of the molecule is NC(=O)C1CSCN1C(=O)OCc1ccccc1. The Morgan fingerprint density at radius 1 is 1.39 bits per heavy atom. The van der Waals surface area contributed by atoms with E-state index in [-0.39, 0.29) is 6.61 Å². The number of hydrogen-bond acceptors (Lipinski definition) is 4. The van der Waals surface area contributed by atoms with Gasteiger partial charge in [0.2, 0.25) is 5.91 Å². The molecule has 0 bridgehead atoms. The maximum absolute atomic E-state index is 11.8. The van der Waals surface area contributed by atoms with E-state index in [1.54, 1.807) is 0 Å². The standard InChI is InChI=1S/C12H14N2O3S/c13-11(15)10-7-18-8-14(10)12(16)17-6-9-4-2-1-3-5-9/h1-5,10H,6-8H2,(H2,13,15). The van der Waals surface area contributed by atoms with E-state index in [1.807, 2.05) is 30.3 Å². The Balaban J connectivity index is 1.90. The predicted molar refractivity (Wildman–Crippen MR) is 68.8 cm³/mol. The van der Waals surface area contributed by atoms with Crippen LogP contribution in [0.1, 0.15) is 5.56 Å². The summed E-state index contributed by atoms with van der Waals surface area (Å²) in [6.07, 6.45) is -0.493. The summed E-state index contributed by atoms with van der Waals surface area (Å²) in [4.78, 5) is 24.3. The Morgan fingerprint density at radius 2 is 2.11 bits per heavy atom. The first-order valence-electron chi connectivity index (χ1n) is 5.53. The van der Waals surface area contributed by atoms with Crippen LogP contribution in [0, 0.1) is 0 Å². The highest BCUT2D eigenvalue weighted by atomic mass is 32.2. The summed E-state index contributed by atoms with van der Waals surface area (Å²) < 4.78 is 5.16. The molecule has 1 aliphatic rings. The van der Waals surface area contributed by atoms with Gasteiger partial charge in [-0.1, -0.05) is 30.3 Å². The number of amides is 2. The van der Waals surface area contributed by atoms with Crippen molar-refractivity contribution >= 4 is 23.8 Å². The van der Waals surface area contributed by atoms with Crippen molar-refractivity contribution in [3.63, 3.8) is 0 Å². The van der Waals surface area contributed by atoms with Gasteiger partial charge in [0.25, 0.3) is 0 Å². The van der Waals surface area contributed by atoms with Crippen LogP contribution in [0.15, 0.2) is 30.3 Å². The number of carbonyl (C=O) groups is 2. The van der Waals surface area contributed by atoms with Crippen LogP contribution in [0.3, 0.4) is 0 Å². The van der Waals surface area contributed by atoms with Gasteiger partial charge in [0.1, 0.15) is 12.6 Å². The first-order chi connectivity index (χ1) is 8.68. The number of primary amides is 1. The molecule has 1 fully saturated rings. The van der Waals surface area contributed by atoms with Crippen LogP contribution in [0.25, 0.3) is 0 Å². The Kier molecular flexibility index (Phi) is 4.09. The van der Waals surface area contributed by atoms with Gasteiger partial charge in [-0.2, -0.15) is 0 Å². The van der Waals surface area contributed by atoms with Gasteiger partial charge in [-0.15, -0.1) is 11.8 Å². The third kappa shape index (κ3) is 2.95. The quantitative estimate of drug-likeness (QED) is 0.891. The van der Waals surface area contributed by atoms with Crippen LogP contribution in [-0.4, -0.2) is 34.6 Å². The van der Waals surface area contributed by atoms with Crippen LogP contribution in [0.5, 0.6) is 0 Å². The molecule has 5 nitrogen and oxygen atoms in total. The number of benzene rings is 1. The van der Waals surface area contributed by atoms with E-state index in [1.165, 1.54) is 16.7 Å². The molecule has 2 N–H and O–H groups in total. The van der Waals surface area contributed by atoms with Gasteiger partial charge >= 0.3 is 6.09 Å². The van der Waals surface area contributed by atoms with E-state index in [0.717, 1.165) is 5.56 Å². The molecular formula is C12H14N2O3S. The van der Waals surface area contributed by atoms with Crippen molar-refractivity contribution in [1.29, 1.82) is 0 Å². The van der Waals surface area contributed by atoms with E-state index in [2.05, 4.69) is 0 Å². The largest absolute Gasteiger partial charge is 0.445 e. The Bertz CT molecular complexity index is 438. The summed E-state index contributed by atoms with van der Waals surface area (Å²) in [5.74, 6) is 0.494. The van der Waals surface area contributed by atoms with Crippen LogP contribution in [0.4, 0.5) is 4.79 Å². The molecular weight excluding hydrogens is 252 g/mol. The maximum atomic E-state index is 11.8. The lowest BCUT2D eigenvalue weighted by Crippen LogP contribution is -2.45. The Morgan fingerprint density at radius 3 is 2.78 bits per heavy atom. The van der Waals surface area contributed by atoms with E-state index in [4.69, 9.17) is 10.5 Å². The average Bonchev–Trinajstić information content (AvgIpc) is 2.86. The first-order valence-corrected chi connectivity index (χ1v) is 6.68. The molecule has 2 amide bonds. The van der Waals surface area contributed by atoms with Gasteiger partial charge in [-0.25, -0.2) is 4.79 Å². The molecule has 2 rings (SSSR count). The smallest absolute Gasteiger partial charge is 0.411 e. The van der Waals surface area contributed by atoms with Crippen molar-refractivity contribution in [2.45, 2.75) is 12.6 Å². The zero-order valence-electron chi connectivity index (χ0n) is 9.74. The highest BCUT2D eigenvalue weighted by Crippen LogP contribution is 2.21. The molecule has 6 heteroatoms. The van der Waals surface area contributed by atoms with Crippen molar-refractivity contribution in [3.8, 4) is 0 Å². The van der Waals surface area contributed by atoms with Crippen LogP contribution >= 0.6 is 11.8 Å². The number of ether oxygens (including phenoxy) is 1. The van der Waals surface area contributed by atoms with Gasteiger partial charge in [0, 0.05) is 5.75 Å². The molecule has 18 heavy (non-hydrogen) atoms. The molecule has 0 spiro atoms. The summed E-state index contributed by atoms with van der Waals surface area (Å²) in [6, 6.07) is 8.83. The monoisotopic (exact) mass is 266 g/mol. The lowest BCUT2D eigenvalue weighted by Gasteiger charge is -2.20. The summed E-state index contributed by atoms with van der Waals surface area (Å²) in [5.41, 5.74) is 6.14. The van der Waals surface area contributed by atoms with E-state index < -0.39 is 18.0 Å². The lowest BCUT2D eigenvalue weighted by molar-refractivity contribution is -0.121. The van der Waals surface area contributed by atoms with Crippen LogP contribution < -0.4 is 5.73 Å². The fourth-order valence-electron chi connectivity index (χ4n) is 1.66. The zero-order valence-corrected chi connectivity index (χ0v) is 10.6. The molecule has 1 aliphatic heterocycles. The van der Waals surface area contributed by atoms with Crippen LogP contribution in [-0.2, 0) is 16.1 Å². The van der Waals surface area contributed by atoms with Crippen molar-refractivity contribution in [2.75, 3.05) is 11.6 Å². The molecule has 96 valence electrons. The molecule has 1 atom stereocenters. The number of hydrogen-bond donors (Lipinski definition) is 1. The minimum absolute atomic E-state index is 0.201. The second kappa shape index (κ2) is 5.77. The highest BCUT2D eigenvalue weighted by molar-refractivity contribution is 7.99. The molecule has 1 unspecified atom stereocenters. The van der Waals surface area contributed by atoms with Gasteiger partial charge < -0.3 is 10.5 Å². The third-order valence-corrected chi connectivity index (χ3v) is 3.66. The molecule has 1 saturated heterocycles. The second-order valence-electron chi connectivity index (χ2n) is 3.93. The minimum Gasteiger partial charge on any atom is -0.445 e. The van der Waals surface area contributed by atoms with Gasteiger partial charge in [0.05, 0.1) is 5.88 Å². The minimum atomic E-state index is -0.557. The van der Waals surface area contributed by atoms with Crippen molar-refractivity contribution in [2.24, 2.45) is 5.73 Å². The fraction of sp³-hybridized carbons (Fsp3) is 0.333. The Labute approximate surface area is 109 Å². The Hall–Kier alpha value is -1.69. The maximum Gasteiger partial charge on any atom is 0.411 e. The molecule has 0 saturated carbocycles. The summed E-state index contributed by atoms with van der Waals surface area (Å²) >= 11 is 1.49. The number of carbonyl (C=O) groups excluding carboxylic acids is 2. The van der Waals surface area contributed by atoms with E-state index in [0.29, 0.717) is 11.6 Å². The average molecular weight is 266 g/mol. The zero-order chi connectivity index (χ0) is 13.0. The highest BCUT2D eigenvalue weighted by Gasteiger charge is 2.34. The van der Waals surface area contributed by atoms with Crippen LogP contribution in [0.2, 0.25) is 0 Å². The molecule has 1 heterocycles. The van der Waals surface area contributed by atoms with E-state index in [9.17, 15) is 9.59 Å². The van der Waals surface area contributed by atoms with Gasteiger partial charge in [0.15, 0.2) is 0 Å². The van der Waals surface area contributed by atoms with Crippen molar-refractivity contribution in [1.82, 2.24) is 4.90 Å². The molecule has 1 aromatic carbocycles. The predicted octanol–water partition coefficient (Wildman–Crippen LogP) is 1.18. The van der Waals surface area contributed by atoms with Crippen molar-refractivity contribution in [3.05, 3.63) is 35.9 Å².